The molecule has 0 unspecified atom stereocenters. The number of para-hydroxylation sites is 1. The van der Waals surface area contributed by atoms with E-state index in [1.54, 1.807) is 12.1 Å². The van der Waals surface area contributed by atoms with Crippen LogP contribution in [0.1, 0.15) is 43.6 Å². The van der Waals surface area contributed by atoms with Crippen LogP contribution in [0.5, 0.6) is 23.0 Å². The van der Waals surface area contributed by atoms with Crippen LogP contribution in [0, 0.1) is 0 Å². The third-order valence-electron chi connectivity index (χ3n) is 4.19. The maximum Gasteiger partial charge on any atom is 0.259 e. The van der Waals surface area contributed by atoms with Crippen molar-refractivity contribution in [2.45, 2.75) is 27.7 Å². The van der Waals surface area contributed by atoms with Crippen molar-refractivity contribution in [3.63, 3.8) is 0 Å². The molecule has 0 fully saturated rings. The molecule has 0 aromatic heterocycles. The molecular weight excluding hydrogens is 426 g/mol. The first-order valence-electron chi connectivity index (χ1n) is 10.9. The molecule has 2 N–H and O–H groups in total. The third kappa shape index (κ3) is 7.71. The van der Waals surface area contributed by atoms with Gasteiger partial charge in [-0.05, 0) is 52.0 Å². The molecule has 178 valence electrons. The van der Waals surface area contributed by atoms with Gasteiger partial charge in [-0.25, -0.2) is 5.43 Å². The van der Waals surface area contributed by atoms with Gasteiger partial charge in [-0.15, -0.1) is 0 Å². The van der Waals surface area contributed by atoms with Crippen molar-refractivity contribution < 1.29 is 28.5 Å². The summed E-state index contributed by atoms with van der Waals surface area (Å²) in [5.41, 5.74) is 3.40. The second kappa shape index (κ2) is 13.6. The molecule has 0 aliphatic heterocycles. The van der Waals surface area contributed by atoms with Crippen LogP contribution in [-0.2, 0) is 4.79 Å². The van der Waals surface area contributed by atoms with Gasteiger partial charge in [0.25, 0.3) is 11.8 Å². The monoisotopic (exact) mass is 457 g/mol. The molecule has 0 atom stereocenters. The molecule has 33 heavy (non-hydrogen) atoms. The Bertz CT molecular complexity index is 934. The number of carbonyl (C=O) groups is 2. The molecule has 9 heteroatoms. The zero-order valence-electron chi connectivity index (χ0n) is 19.5. The lowest BCUT2D eigenvalue weighted by molar-refractivity contribution is -0.120. The zero-order valence-corrected chi connectivity index (χ0v) is 19.5. The Hall–Kier alpha value is -3.75. The van der Waals surface area contributed by atoms with Crippen molar-refractivity contribution in [3.8, 4) is 23.0 Å². The zero-order chi connectivity index (χ0) is 24.1. The van der Waals surface area contributed by atoms with E-state index in [9.17, 15) is 9.59 Å². The molecule has 0 aliphatic carbocycles. The number of nitrogens with one attached hydrogen (secondary N) is 2. The summed E-state index contributed by atoms with van der Waals surface area (Å²) in [6, 6.07) is 10.5. The quantitative estimate of drug-likeness (QED) is 0.353. The first kappa shape index (κ1) is 25.5. The van der Waals surface area contributed by atoms with Crippen molar-refractivity contribution in [2.24, 2.45) is 5.10 Å². The Kier molecular flexibility index (Phi) is 10.5. The number of amides is 2. The van der Waals surface area contributed by atoms with Crippen LogP contribution < -0.4 is 29.7 Å². The highest BCUT2D eigenvalue weighted by molar-refractivity contribution is 5.97. The summed E-state index contributed by atoms with van der Waals surface area (Å²) in [5.74, 6) is 0.972. The van der Waals surface area contributed by atoms with Crippen LogP contribution in [0.4, 0.5) is 0 Å². The average molecular weight is 458 g/mol. The number of hydrazone groups is 1. The van der Waals surface area contributed by atoms with E-state index in [0.29, 0.717) is 49.4 Å². The summed E-state index contributed by atoms with van der Waals surface area (Å²) >= 11 is 0. The number of benzene rings is 2. The first-order valence-corrected chi connectivity index (χ1v) is 10.9. The SMILES string of the molecule is CCOc1ccccc1/C=N/NC(=O)CNC(=O)c1cc(OCC)c(OCC)c(OCC)c1. The maximum atomic E-state index is 12.6. The topological polar surface area (TPSA) is 107 Å². The van der Waals surface area contributed by atoms with Gasteiger partial charge in [-0.2, -0.15) is 5.10 Å². The van der Waals surface area contributed by atoms with Gasteiger partial charge in [0.2, 0.25) is 5.75 Å². The fraction of sp³-hybridized carbons (Fsp3) is 0.375. The number of rotatable bonds is 13. The highest BCUT2D eigenvalue weighted by Crippen LogP contribution is 2.39. The van der Waals surface area contributed by atoms with E-state index >= 15 is 0 Å². The smallest absolute Gasteiger partial charge is 0.259 e. The Balaban J connectivity index is 2.02. The molecule has 0 aliphatic rings. The second-order valence-corrected chi connectivity index (χ2v) is 6.55. The lowest BCUT2D eigenvalue weighted by Gasteiger charge is -2.17. The largest absolute Gasteiger partial charge is 0.493 e. The van der Waals surface area contributed by atoms with Crippen molar-refractivity contribution in [1.82, 2.24) is 10.7 Å². The van der Waals surface area contributed by atoms with Crippen LogP contribution in [0.3, 0.4) is 0 Å². The van der Waals surface area contributed by atoms with E-state index < -0.39 is 11.8 Å². The number of hydrogen-bond donors (Lipinski definition) is 2. The highest BCUT2D eigenvalue weighted by Gasteiger charge is 2.18. The van der Waals surface area contributed by atoms with Gasteiger partial charge in [0, 0.05) is 11.1 Å². The molecule has 0 heterocycles. The number of hydrogen-bond acceptors (Lipinski definition) is 7. The summed E-state index contributed by atoms with van der Waals surface area (Å²) in [6.45, 7) is 8.87. The Labute approximate surface area is 194 Å². The van der Waals surface area contributed by atoms with E-state index in [4.69, 9.17) is 18.9 Å². The molecular formula is C24H31N3O6. The van der Waals surface area contributed by atoms with E-state index in [0.717, 1.165) is 5.56 Å². The van der Waals surface area contributed by atoms with Gasteiger partial charge in [-0.3, -0.25) is 9.59 Å². The number of carbonyl (C=O) groups excluding carboxylic acids is 2. The van der Waals surface area contributed by atoms with Crippen LogP contribution in [-0.4, -0.2) is 51.0 Å². The molecule has 2 rings (SSSR count). The Morgan fingerprint density at radius 2 is 1.42 bits per heavy atom. The Morgan fingerprint density at radius 1 is 0.848 bits per heavy atom. The molecule has 0 bridgehead atoms. The van der Waals surface area contributed by atoms with Gasteiger partial charge in [-0.1, -0.05) is 12.1 Å². The lowest BCUT2D eigenvalue weighted by Crippen LogP contribution is -2.35. The van der Waals surface area contributed by atoms with Crippen LogP contribution >= 0.6 is 0 Å². The molecule has 0 spiro atoms. The van der Waals surface area contributed by atoms with Crippen LogP contribution in [0.2, 0.25) is 0 Å². The molecule has 2 amide bonds. The summed E-state index contributed by atoms with van der Waals surface area (Å²) in [4.78, 5) is 24.8. The van der Waals surface area contributed by atoms with Gasteiger partial charge < -0.3 is 24.3 Å². The summed E-state index contributed by atoms with van der Waals surface area (Å²) in [6.07, 6.45) is 1.49. The molecule has 9 nitrogen and oxygen atoms in total. The van der Waals surface area contributed by atoms with E-state index in [2.05, 4.69) is 15.8 Å². The normalized spacial score (nSPS) is 10.5. The van der Waals surface area contributed by atoms with E-state index in [1.807, 2.05) is 52.0 Å². The fourth-order valence-corrected chi connectivity index (χ4v) is 2.87. The van der Waals surface area contributed by atoms with Gasteiger partial charge in [0.15, 0.2) is 11.5 Å². The fourth-order valence-electron chi connectivity index (χ4n) is 2.87. The number of ether oxygens (including phenoxy) is 4. The maximum absolute atomic E-state index is 12.6. The van der Waals surface area contributed by atoms with Gasteiger partial charge >= 0.3 is 0 Å². The van der Waals surface area contributed by atoms with Gasteiger partial charge in [0.1, 0.15) is 5.75 Å². The van der Waals surface area contributed by atoms with Crippen LogP contribution in [0.25, 0.3) is 0 Å². The minimum absolute atomic E-state index is 0.259. The molecule has 0 saturated carbocycles. The second-order valence-electron chi connectivity index (χ2n) is 6.55. The summed E-state index contributed by atoms with van der Waals surface area (Å²) in [5, 5.41) is 6.50. The van der Waals surface area contributed by atoms with Crippen LogP contribution in [0.15, 0.2) is 41.5 Å². The van der Waals surface area contributed by atoms with Crippen molar-refractivity contribution in [1.29, 1.82) is 0 Å². The average Bonchev–Trinajstić information content (AvgIpc) is 2.81. The summed E-state index contributed by atoms with van der Waals surface area (Å²) < 4.78 is 22.4. The first-order chi connectivity index (χ1) is 16.0. The standard InChI is InChI=1S/C24H31N3O6/c1-5-30-19-12-10-9-11-17(19)15-26-27-22(28)16-25-24(29)18-13-20(31-6-2)23(33-8-4)21(14-18)32-7-3/h9-15H,5-8,16H2,1-4H3,(H,25,29)(H,27,28)/b26-15+. The predicted octanol–water partition coefficient (Wildman–Crippen LogP) is 3.16. The molecule has 2 aromatic carbocycles. The van der Waals surface area contributed by atoms with E-state index in [1.165, 1.54) is 6.21 Å². The number of nitrogens with zero attached hydrogens (tertiary/aromatic N) is 1. The molecule has 0 saturated heterocycles. The molecule has 2 aromatic rings. The van der Waals surface area contributed by atoms with Crippen molar-refractivity contribution >= 4 is 18.0 Å². The predicted molar refractivity (Wildman–Crippen MR) is 126 cm³/mol. The van der Waals surface area contributed by atoms with Gasteiger partial charge in [0.05, 0.1) is 39.2 Å². The highest BCUT2D eigenvalue weighted by atomic mass is 16.5. The Morgan fingerprint density at radius 3 is 2.03 bits per heavy atom. The van der Waals surface area contributed by atoms with E-state index in [-0.39, 0.29) is 12.1 Å². The molecule has 0 radical (unpaired) electrons. The third-order valence-corrected chi connectivity index (χ3v) is 4.19. The minimum Gasteiger partial charge on any atom is -0.493 e. The van der Waals surface area contributed by atoms with Crippen molar-refractivity contribution in [3.05, 3.63) is 47.5 Å². The van der Waals surface area contributed by atoms with Crippen molar-refractivity contribution in [2.75, 3.05) is 33.0 Å². The lowest BCUT2D eigenvalue weighted by atomic mass is 10.1. The summed E-state index contributed by atoms with van der Waals surface area (Å²) in [7, 11) is 0. The minimum atomic E-state index is -0.477.